The quantitative estimate of drug-likeness (QED) is 0.114. The lowest BCUT2D eigenvalue weighted by Gasteiger charge is -2.35. The second kappa shape index (κ2) is 17.5. The fraction of sp³-hybridized carbons (Fsp3) is 0.371. The van der Waals surface area contributed by atoms with Gasteiger partial charge in [0, 0.05) is 0 Å². The first-order valence-corrected chi connectivity index (χ1v) is 18.4. The Morgan fingerprint density at radius 2 is 1.18 bits per heavy atom. The number of benzene rings is 3. The maximum atomic E-state index is 2.51. The summed E-state index contributed by atoms with van der Waals surface area (Å²) in [4.78, 5) is 0. The molecule has 3 aromatic carbocycles. The van der Waals surface area contributed by atoms with Crippen LogP contribution in [-0.4, -0.2) is 21.7 Å². The minimum Gasteiger partial charge on any atom is -1.00 e. The standard InChI is InChI=1S/C35H44PS2.BrH/c1-2-3-4-5-6-17-27-35(37-30-20-31-38-35)28-18-10-19-29-36(32-21-11-7-12-22-32,33-23-13-8-14-24-33)34-25-15-9-16-26-34;/h6-17,19,21-26H,2-5,18,20,27-31H2,1H3;1H/q+1;/p-1/b17-6-,19-10+;. The van der Waals surface area contributed by atoms with Crippen LogP contribution in [0.4, 0.5) is 0 Å². The molecule has 1 fully saturated rings. The van der Waals surface area contributed by atoms with Crippen molar-refractivity contribution in [2.75, 3.05) is 17.7 Å². The van der Waals surface area contributed by atoms with Crippen molar-refractivity contribution in [1.29, 1.82) is 0 Å². The molecule has 1 aliphatic rings. The molecule has 1 saturated heterocycles. The molecule has 0 aromatic heterocycles. The molecule has 0 saturated carbocycles. The van der Waals surface area contributed by atoms with E-state index in [2.05, 4.69) is 146 Å². The van der Waals surface area contributed by atoms with Crippen molar-refractivity contribution in [3.63, 3.8) is 0 Å². The van der Waals surface area contributed by atoms with Gasteiger partial charge in [0.1, 0.15) is 23.2 Å². The van der Waals surface area contributed by atoms with Crippen LogP contribution < -0.4 is 32.9 Å². The van der Waals surface area contributed by atoms with Gasteiger partial charge in [0.25, 0.3) is 0 Å². The zero-order chi connectivity index (χ0) is 26.4. The summed E-state index contributed by atoms with van der Waals surface area (Å²) in [6, 6.07) is 33.7. The lowest BCUT2D eigenvalue weighted by atomic mass is 10.1. The molecular weight excluding hydrogens is 595 g/mol. The van der Waals surface area contributed by atoms with Crippen molar-refractivity contribution in [3.05, 3.63) is 115 Å². The average molecular weight is 640 g/mol. The van der Waals surface area contributed by atoms with Crippen molar-refractivity contribution in [3.8, 4) is 0 Å². The van der Waals surface area contributed by atoms with Crippen LogP contribution in [0.3, 0.4) is 0 Å². The van der Waals surface area contributed by atoms with Gasteiger partial charge in [-0.25, -0.2) is 0 Å². The Bertz CT molecular complexity index is 1010. The monoisotopic (exact) mass is 638 g/mol. The molecule has 39 heavy (non-hydrogen) atoms. The summed E-state index contributed by atoms with van der Waals surface area (Å²) in [5.74, 6) is 2.62. The highest BCUT2D eigenvalue weighted by Crippen LogP contribution is 2.55. The molecule has 1 heterocycles. The van der Waals surface area contributed by atoms with Crippen LogP contribution in [0, 0.1) is 0 Å². The smallest absolute Gasteiger partial charge is 0.115 e. The summed E-state index contributed by atoms with van der Waals surface area (Å²) in [5.41, 5.74) is 0. The van der Waals surface area contributed by atoms with Gasteiger partial charge in [0.15, 0.2) is 0 Å². The van der Waals surface area contributed by atoms with Crippen LogP contribution in [0.5, 0.6) is 0 Å². The van der Waals surface area contributed by atoms with E-state index in [1.165, 1.54) is 72.4 Å². The molecule has 4 rings (SSSR count). The highest BCUT2D eigenvalue weighted by Gasteiger charge is 2.44. The van der Waals surface area contributed by atoms with E-state index in [1.54, 1.807) is 0 Å². The summed E-state index contributed by atoms with van der Waals surface area (Å²) >= 11 is 4.44. The molecule has 0 bridgehead atoms. The molecule has 0 radical (unpaired) electrons. The van der Waals surface area contributed by atoms with E-state index in [1.807, 2.05) is 0 Å². The maximum absolute atomic E-state index is 2.51. The Labute approximate surface area is 257 Å². The third-order valence-electron chi connectivity index (χ3n) is 7.42. The van der Waals surface area contributed by atoms with Gasteiger partial charge in [-0.05, 0) is 86.4 Å². The zero-order valence-corrected chi connectivity index (χ0v) is 27.5. The van der Waals surface area contributed by atoms with Crippen LogP contribution in [0.1, 0.15) is 58.3 Å². The van der Waals surface area contributed by atoms with Crippen molar-refractivity contribution in [1.82, 2.24) is 0 Å². The number of allylic oxidation sites excluding steroid dienone is 4. The van der Waals surface area contributed by atoms with Crippen LogP contribution >= 0.6 is 30.8 Å². The van der Waals surface area contributed by atoms with E-state index in [0.717, 1.165) is 12.6 Å². The Morgan fingerprint density at radius 1 is 0.667 bits per heavy atom. The van der Waals surface area contributed by atoms with Crippen LogP contribution in [0.15, 0.2) is 115 Å². The first-order chi connectivity index (χ1) is 18.8. The Balaban J connectivity index is 0.00000420. The second-order valence-corrected chi connectivity index (χ2v) is 16.9. The number of hydrogen-bond acceptors (Lipinski definition) is 2. The molecule has 208 valence electrons. The van der Waals surface area contributed by atoms with E-state index in [9.17, 15) is 0 Å². The third kappa shape index (κ3) is 9.12. The minimum atomic E-state index is -1.78. The van der Waals surface area contributed by atoms with E-state index in [-0.39, 0.29) is 17.0 Å². The van der Waals surface area contributed by atoms with Gasteiger partial charge in [-0.3, -0.25) is 0 Å². The van der Waals surface area contributed by atoms with Crippen molar-refractivity contribution < 1.29 is 17.0 Å². The molecule has 0 N–H and O–H groups in total. The molecule has 1 aliphatic heterocycles. The van der Waals surface area contributed by atoms with Crippen LogP contribution in [0.25, 0.3) is 0 Å². The largest absolute Gasteiger partial charge is 1.00 e. The maximum Gasteiger partial charge on any atom is 0.115 e. The van der Waals surface area contributed by atoms with E-state index < -0.39 is 7.26 Å². The summed E-state index contributed by atoms with van der Waals surface area (Å²) < 4.78 is 0.356. The second-order valence-electron chi connectivity index (χ2n) is 10.1. The van der Waals surface area contributed by atoms with Crippen LogP contribution in [-0.2, 0) is 0 Å². The molecule has 3 aromatic rings. The summed E-state index contributed by atoms with van der Waals surface area (Å²) in [5, 5.41) is 4.39. The normalized spacial score (nSPS) is 15.4. The van der Waals surface area contributed by atoms with E-state index >= 15 is 0 Å². The molecule has 0 nitrogen and oxygen atoms in total. The van der Waals surface area contributed by atoms with Gasteiger partial charge in [-0.2, -0.15) is 0 Å². The highest BCUT2D eigenvalue weighted by molar-refractivity contribution is 8.18. The van der Waals surface area contributed by atoms with Gasteiger partial charge in [0.05, 0.1) is 10.2 Å². The predicted molar refractivity (Wildman–Crippen MR) is 179 cm³/mol. The lowest BCUT2D eigenvalue weighted by molar-refractivity contribution is -0.00000747. The number of rotatable bonds is 14. The number of thioether (sulfide) groups is 2. The van der Waals surface area contributed by atoms with Gasteiger partial charge in [-0.15, -0.1) is 23.5 Å². The number of halogens is 1. The minimum absolute atomic E-state index is 0. The SMILES string of the molecule is CCCCC/C=C\CC1(CC/C=C/C[P+](c2ccccc2)(c2ccccc2)c2ccccc2)SCCCS1.[Br-]. The van der Waals surface area contributed by atoms with Gasteiger partial charge in [-0.1, -0.05) is 98.7 Å². The van der Waals surface area contributed by atoms with Crippen molar-refractivity contribution >= 4 is 46.7 Å². The number of unbranched alkanes of at least 4 members (excludes halogenated alkanes) is 3. The van der Waals surface area contributed by atoms with Crippen molar-refractivity contribution in [2.24, 2.45) is 0 Å². The number of hydrogen-bond donors (Lipinski definition) is 0. The fourth-order valence-electron chi connectivity index (χ4n) is 5.34. The summed E-state index contributed by atoms with van der Waals surface area (Å²) in [6.07, 6.45) is 21.2. The molecular formula is C35H44BrPS2. The topological polar surface area (TPSA) is 0 Å². The third-order valence-corrected chi connectivity index (χ3v) is 15.2. The summed E-state index contributed by atoms with van der Waals surface area (Å²) in [7, 11) is -1.78. The fourth-order valence-corrected chi connectivity index (χ4v) is 12.7. The molecule has 0 atom stereocenters. The molecule has 0 spiro atoms. The highest BCUT2D eigenvalue weighted by atomic mass is 79.9. The molecule has 0 unspecified atom stereocenters. The van der Waals surface area contributed by atoms with Gasteiger partial charge < -0.3 is 17.0 Å². The average Bonchev–Trinajstić information content (AvgIpc) is 2.99. The Hall–Kier alpha value is -1.25. The zero-order valence-electron chi connectivity index (χ0n) is 23.4. The molecule has 0 aliphatic carbocycles. The van der Waals surface area contributed by atoms with E-state index in [4.69, 9.17) is 0 Å². The van der Waals surface area contributed by atoms with Gasteiger partial charge in [0.2, 0.25) is 0 Å². The molecule has 4 heteroatoms. The first kappa shape index (κ1) is 32.3. The predicted octanol–water partition coefficient (Wildman–Crippen LogP) is 6.41. The Kier molecular flexibility index (Phi) is 14.5. The first-order valence-electron chi connectivity index (χ1n) is 14.4. The van der Waals surface area contributed by atoms with E-state index in [0.29, 0.717) is 4.08 Å². The lowest BCUT2D eigenvalue weighted by Crippen LogP contribution is -3.00. The molecule has 0 amide bonds. The van der Waals surface area contributed by atoms with Crippen LogP contribution in [0.2, 0.25) is 0 Å². The van der Waals surface area contributed by atoms with Gasteiger partial charge >= 0.3 is 0 Å². The van der Waals surface area contributed by atoms with Crippen molar-refractivity contribution in [2.45, 2.75) is 62.4 Å². The summed E-state index contributed by atoms with van der Waals surface area (Å²) in [6.45, 7) is 2.28. The Morgan fingerprint density at radius 3 is 1.69 bits per heavy atom.